The number of rotatable bonds is 5. The van der Waals surface area contributed by atoms with E-state index in [1.54, 1.807) is 12.0 Å². The van der Waals surface area contributed by atoms with Crippen molar-refractivity contribution in [3.8, 4) is 5.75 Å². The summed E-state index contributed by atoms with van der Waals surface area (Å²) in [7, 11) is 1.69. The fourth-order valence-electron chi connectivity index (χ4n) is 4.96. The van der Waals surface area contributed by atoms with Gasteiger partial charge in [0.05, 0.1) is 18.7 Å². The van der Waals surface area contributed by atoms with Crippen molar-refractivity contribution in [2.24, 2.45) is 5.92 Å². The number of piperazine rings is 1. The molecule has 0 spiro atoms. The van der Waals surface area contributed by atoms with E-state index >= 15 is 0 Å². The lowest BCUT2D eigenvalue weighted by Crippen LogP contribution is -2.52. The average Bonchev–Trinajstić information content (AvgIpc) is 3.53. The smallest absolute Gasteiger partial charge is 0.228 e. The molecule has 0 radical (unpaired) electrons. The Morgan fingerprint density at radius 2 is 1.79 bits per heavy atom. The van der Waals surface area contributed by atoms with Gasteiger partial charge in [-0.2, -0.15) is 0 Å². The third-order valence-electron chi connectivity index (χ3n) is 6.77. The van der Waals surface area contributed by atoms with Crippen LogP contribution in [0.1, 0.15) is 25.7 Å². The van der Waals surface area contributed by atoms with Gasteiger partial charge in [-0.1, -0.05) is 23.5 Å². The van der Waals surface area contributed by atoms with Crippen LogP contribution < -0.4 is 19.4 Å². The molecule has 0 N–H and O–H groups in total. The number of nitrogens with zero attached hydrogens (tertiary/aromatic N) is 6. The van der Waals surface area contributed by atoms with Gasteiger partial charge in [-0.3, -0.25) is 14.5 Å². The summed E-state index contributed by atoms with van der Waals surface area (Å²) in [6, 6.07) is 8.04. The topological polar surface area (TPSA) is 82.1 Å². The molecule has 10 heteroatoms. The van der Waals surface area contributed by atoms with Crippen molar-refractivity contribution in [3.63, 3.8) is 0 Å². The monoisotopic (exact) mass is 470 g/mol. The van der Waals surface area contributed by atoms with Gasteiger partial charge in [-0.05, 0) is 31.4 Å². The molecule has 176 valence electrons. The SMILES string of the molecule is COc1ccccc1N1CCN(C(=O)C2CCCN(c3nnc(N4CCCC4=O)s3)C2)CC1. The summed E-state index contributed by atoms with van der Waals surface area (Å²) in [5.41, 5.74) is 1.08. The zero-order valence-electron chi connectivity index (χ0n) is 19.0. The molecule has 0 saturated carbocycles. The van der Waals surface area contributed by atoms with E-state index in [1.807, 2.05) is 23.1 Å². The minimum absolute atomic E-state index is 0.0302. The van der Waals surface area contributed by atoms with Gasteiger partial charge in [0, 0.05) is 52.2 Å². The van der Waals surface area contributed by atoms with E-state index in [9.17, 15) is 9.59 Å². The minimum atomic E-state index is -0.0302. The van der Waals surface area contributed by atoms with Gasteiger partial charge in [0.25, 0.3) is 0 Å². The standard InChI is InChI=1S/C23H30N6O3S/c1-32-19-8-3-2-7-18(19)26-12-14-27(15-13-26)21(31)17-6-4-10-28(16-17)22-24-25-23(33-22)29-11-5-9-20(29)30/h2-3,7-8,17H,4-6,9-16H2,1H3. The van der Waals surface area contributed by atoms with Crippen LogP contribution >= 0.6 is 11.3 Å². The number of carbonyl (C=O) groups excluding carboxylic acids is 2. The van der Waals surface area contributed by atoms with E-state index in [4.69, 9.17) is 4.74 Å². The van der Waals surface area contributed by atoms with Crippen LogP contribution in [-0.4, -0.2) is 79.8 Å². The molecule has 1 unspecified atom stereocenters. The van der Waals surface area contributed by atoms with E-state index in [-0.39, 0.29) is 17.7 Å². The quantitative estimate of drug-likeness (QED) is 0.663. The Morgan fingerprint density at radius 1 is 1.00 bits per heavy atom. The van der Waals surface area contributed by atoms with Crippen LogP contribution in [0, 0.1) is 5.92 Å². The lowest BCUT2D eigenvalue weighted by Gasteiger charge is -2.39. The van der Waals surface area contributed by atoms with E-state index in [1.165, 1.54) is 11.3 Å². The molecule has 2 amide bonds. The highest BCUT2D eigenvalue weighted by atomic mass is 32.1. The van der Waals surface area contributed by atoms with Crippen molar-refractivity contribution in [3.05, 3.63) is 24.3 Å². The highest BCUT2D eigenvalue weighted by Gasteiger charge is 2.33. The van der Waals surface area contributed by atoms with Gasteiger partial charge in [0.2, 0.25) is 22.1 Å². The summed E-state index contributed by atoms with van der Waals surface area (Å²) in [5.74, 6) is 1.19. The van der Waals surface area contributed by atoms with Crippen LogP contribution in [0.15, 0.2) is 24.3 Å². The molecule has 3 aliphatic rings. The number of ether oxygens (including phenoxy) is 1. The van der Waals surface area contributed by atoms with Gasteiger partial charge < -0.3 is 19.4 Å². The molecule has 1 aromatic heterocycles. The van der Waals surface area contributed by atoms with E-state index in [0.29, 0.717) is 31.2 Å². The van der Waals surface area contributed by atoms with Crippen molar-refractivity contribution < 1.29 is 14.3 Å². The number of benzene rings is 1. The molecule has 3 fully saturated rings. The first-order valence-electron chi connectivity index (χ1n) is 11.7. The molecule has 4 heterocycles. The molecule has 1 aromatic carbocycles. The van der Waals surface area contributed by atoms with Crippen LogP contribution in [0.5, 0.6) is 5.75 Å². The first kappa shape index (κ1) is 21.9. The fourth-order valence-corrected chi connectivity index (χ4v) is 5.89. The first-order valence-corrected chi connectivity index (χ1v) is 12.5. The van der Waals surface area contributed by atoms with Crippen LogP contribution in [-0.2, 0) is 9.59 Å². The van der Waals surface area contributed by atoms with Crippen molar-refractivity contribution in [1.29, 1.82) is 0 Å². The molecule has 9 nitrogen and oxygen atoms in total. The highest BCUT2D eigenvalue weighted by molar-refractivity contribution is 7.19. The average molecular weight is 471 g/mol. The van der Waals surface area contributed by atoms with E-state index < -0.39 is 0 Å². The third-order valence-corrected chi connectivity index (χ3v) is 7.77. The van der Waals surface area contributed by atoms with Crippen LogP contribution in [0.3, 0.4) is 0 Å². The number of anilines is 3. The molecule has 2 aromatic rings. The van der Waals surface area contributed by atoms with Crippen molar-refractivity contribution in [2.45, 2.75) is 25.7 Å². The van der Waals surface area contributed by atoms with E-state index in [2.05, 4.69) is 26.1 Å². The Kier molecular flexibility index (Phi) is 6.34. The van der Waals surface area contributed by atoms with Gasteiger partial charge in [-0.15, -0.1) is 10.2 Å². The molecular weight excluding hydrogens is 440 g/mol. The molecule has 0 aliphatic carbocycles. The van der Waals surface area contributed by atoms with Crippen molar-refractivity contribution in [2.75, 3.05) is 67.6 Å². The predicted molar refractivity (Wildman–Crippen MR) is 128 cm³/mol. The fraction of sp³-hybridized carbons (Fsp3) is 0.565. The summed E-state index contributed by atoms with van der Waals surface area (Å²) in [4.78, 5) is 33.5. The Morgan fingerprint density at radius 3 is 2.55 bits per heavy atom. The second kappa shape index (κ2) is 9.54. The van der Waals surface area contributed by atoms with Gasteiger partial charge in [0.1, 0.15) is 5.75 Å². The zero-order chi connectivity index (χ0) is 22.8. The number of hydrogen-bond donors (Lipinski definition) is 0. The summed E-state index contributed by atoms with van der Waals surface area (Å²) in [5, 5.41) is 10.1. The summed E-state index contributed by atoms with van der Waals surface area (Å²) >= 11 is 1.46. The van der Waals surface area contributed by atoms with Gasteiger partial charge >= 0.3 is 0 Å². The maximum absolute atomic E-state index is 13.3. The van der Waals surface area contributed by atoms with Crippen molar-refractivity contribution in [1.82, 2.24) is 15.1 Å². The number of hydrogen-bond acceptors (Lipinski definition) is 8. The molecule has 0 bridgehead atoms. The van der Waals surface area contributed by atoms with Crippen LogP contribution in [0.25, 0.3) is 0 Å². The van der Waals surface area contributed by atoms with Gasteiger partial charge in [0.15, 0.2) is 0 Å². The third kappa shape index (κ3) is 4.48. The second-order valence-electron chi connectivity index (χ2n) is 8.79. The lowest BCUT2D eigenvalue weighted by atomic mass is 9.96. The van der Waals surface area contributed by atoms with Crippen molar-refractivity contribution >= 4 is 39.1 Å². The molecular formula is C23H30N6O3S. The Labute approximate surface area is 197 Å². The molecule has 5 rings (SSSR count). The minimum Gasteiger partial charge on any atom is -0.495 e. The summed E-state index contributed by atoms with van der Waals surface area (Å²) in [6.45, 7) is 5.27. The van der Waals surface area contributed by atoms with Crippen LogP contribution in [0.2, 0.25) is 0 Å². The summed E-state index contributed by atoms with van der Waals surface area (Å²) < 4.78 is 5.50. The normalized spacial score (nSPS) is 21.6. The molecule has 3 saturated heterocycles. The highest BCUT2D eigenvalue weighted by Crippen LogP contribution is 2.33. The molecule has 33 heavy (non-hydrogen) atoms. The first-order chi connectivity index (χ1) is 16.1. The Bertz CT molecular complexity index is 1010. The van der Waals surface area contributed by atoms with E-state index in [0.717, 1.165) is 62.0 Å². The number of piperidine rings is 1. The maximum Gasteiger partial charge on any atom is 0.228 e. The maximum atomic E-state index is 13.3. The number of carbonyl (C=O) groups is 2. The lowest BCUT2D eigenvalue weighted by molar-refractivity contribution is -0.136. The number of amides is 2. The number of para-hydroxylation sites is 2. The Hall–Kier alpha value is -2.88. The van der Waals surface area contributed by atoms with Crippen LogP contribution in [0.4, 0.5) is 16.0 Å². The number of methoxy groups -OCH3 is 1. The molecule has 3 aliphatic heterocycles. The zero-order valence-corrected chi connectivity index (χ0v) is 19.8. The predicted octanol–water partition coefficient (Wildman–Crippen LogP) is 2.24. The second-order valence-corrected chi connectivity index (χ2v) is 9.72. The molecule has 1 atom stereocenters. The Balaban J connectivity index is 1.19. The summed E-state index contributed by atoms with van der Waals surface area (Å²) in [6.07, 6.45) is 3.31. The number of aromatic nitrogens is 2. The largest absolute Gasteiger partial charge is 0.495 e. The van der Waals surface area contributed by atoms with Gasteiger partial charge in [-0.25, -0.2) is 0 Å².